The Morgan fingerprint density at radius 3 is 2.62 bits per heavy atom. The van der Waals surface area contributed by atoms with Crippen molar-refractivity contribution >= 4 is 11.8 Å². The summed E-state index contributed by atoms with van der Waals surface area (Å²) in [6.45, 7) is 7.44. The van der Waals surface area contributed by atoms with E-state index in [0.717, 1.165) is 13.1 Å². The lowest BCUT2D eigenvalue weighted by Crippen LogP contribution is -2.43. The molecule has 0 aliphatic rings. The van der Waals surface area contributed by atoms with Gasteiger partial charge in [0.05, 0.1) is 12.6 Å². The molecule has 1 aromatic rings. The lowest BCUT2D eigenvalue weighted by atomic mass is 10.3. The molecule has 1 rings (SSSR count). The van der Waals surface area contributed by atoms with Gasteiger partial charge >= 0.3 is 6.03 Å². The summed E-state index contributed by atoms with van der Waals surface area (Å²) in [5.41, 5.74) is 0. The van der Waals surface area contributed by atoms with Crippen molar-refractivity contribution in [1.82, 2.24) is 19.6 Å². The second-order valence-electron chi connectivity index (χ2n) is 5.79. The smallest absolute Gasteiger partial charge is 0.323 e. The summed E-state index contributed by atoms with van der Waals surface area (Å²) >= 11 is 0. The van der Waals surface area contributed by atoms with Crippen LogP contribution in [0, 0.1) is 0 Å². The van der Waals surface area contributed by atoms with E-state index in [-0.39, 0.29) is 12.1 Å². The van der Waals surface area contributed by atoms with Gasteiger partial charge in [-0.05, 0) is 34.9 Å². The Morgan fingerprint density at radius 2 is 2.10 bits per heavy atom. The topological polar surface area (TPSA) is 73.6 Å². The Bertz CT molecular complexity index is 442. The SMILES string of the molecule is CC(C)N(C[C@@H](C)O)C(=O)Nc1ccn(CCN(C)C)n1. The van der Waals surface area contributed by atoms with Gasteiger partial charge in [0.25, 0.3) is 0 Å². The van der Waals surface area contributed by atoms with Crippen LogP contribution in [0.4, 0.5) is 10.6 Å². The predicted molar refractivity (Wildman–Crippen MR) is 83.3 cm³/mol. The van der Waals surface area contributed by atoms with E-state index in [1.807, 2.05) is 34.1 Å². The van der Waals surface area contributed by atoms with Gasteiger partial charge in [0.15, 0.2) is 5.82 Å². The van der Waals surface area contributed by atoms with Crippen molar-refractivity contribution in [2.24, 2.45) is 0 Å². The van der Waals surface area contributed by atoms with E-state index in [9.17, 15) is 9.90 Å². The zero-order chi connectivity index (χ0) is 16.0. The van der Waals surface area contributed by atoms with E-state index < -0.39 is 6.10 Å². The van der Waals surface area contributed by atoms with Crippen LogP contribution in [0.25, 0.3) is 0 Å². The molecule has 0 aliphatic heterocycles. The van der Waals surface area contributed by atoms with Gasteiger partial charge in [0, 0.05) is 31.4 Å². The molecule has 1 aromatic heterocycles. The third-order valence-corrected chi connectivity index (χ3v) is 3.00. The number of urea groups is 1. The number of carbonyl (C=O) groups excluding carboxylic acids is 1. The number of likely N-dealkylation sites (N-methyl/N-ethyl adjacent to an activating group) is 1. The van der Waals surface area contributed by atoms with Crippen LogP contribution in [0.5, 0.6) is 0 Å². The summed E-state index contributed by atoms with van der Waals surface area (Å²) < 4.78 is 1.80. The normalized spacial score (nSPS) is 12.8. The molecule has 0 aliphatic carbocycles. The first-order valence-corrected chi connectivity index (χ1v) is 7.23. The maximum atomic E-state index is 12.2. The molecule has 0 spiro atoms. The van der Waals surface area contributed by atoms with Crippen molar-refractivity contribution < 1.29 is 9.90 Å². The number of aliphatic hydroxyl groups is 1. The first-order valence-electron chi connectivity index (χ1n) is 7.23. The summed E-state index contributed by atoms with van der Waals surface area (Å²) in [5, 5.41) is 16.5. The number of carbonyl (C=O) groups is 1. The Labute approximate surface area is 126 Å². The quantitative estimate of drug-likeness (QED) is 0.789. The lowest BCUT2D eigenvalue weighted by molar-refractivity contribution is 0.125. The van der Waals surface area contributed by atoms with E-state index in [4.69, 9.17) is 0 Å². The predicted octanol–water partition coefficient (Wildman–Crippen LogP) is 1.07. The van der Waals surface area contributed by atoms with Crippen molar-refractivity contribution in [2.45, 2.75) is 39.5 Å². The number of anilines is 1. The fourth-order valence-electron chi connectivity index (χ4n) is 1.85. The maximum absolute atomic E-state index is 12.2. The molecular formula is C14H27N5O2. The number of hydrogen-bond donors (Lipinski definition) is 2. The van der Waals surface area contributed by atoms with E-state index in [2.05, 4.69) is 15.3 Å². The minimum Gasteiger partial charge on any atom is -0.392 e. The van der Waals surface area contributed by atoms with Crippen molar-refractivity contribution in [3.8, 4) is 0 Å². The largest absolute Gasteiger partial charge is 0.392 e. The Kier molecular flexibility index (Phi) is 6.64. The van der Waals surface area contributed by atoms with Crippen LogP contribution < -0.4 is 5.32 Å². The fraction of sp³-hybridized carbons (Fsp3) is 0.714. The number of nitrogens with zero attached hydrogens (tertiary/aromatic N) is 4. The molecule has 1 atom stereocenters. The molecule has 0 aromatic carbocycles. The van der Waals surface area contributed by atoms with Crippen LogP contribution in [-0.4, -0.2) is 70.0 Å². The van der Waals surface area contributed by atoms with Crippen LogP contribution in [0.3, 0.4) is 0 Å². The monoisotopic (exact) mass is 297 g/mol. The maximum Gasteiger partial charge on any atom is 0.323 e. The number of hydrogen-bond acceptors (Lipinski definition) is 4. The molecule has 0 fully saturated rings. The second-order valence-corrected chi connectivity index (χ2v) is 5.79. The summed E-state index contributed by atoms with van der Waals surface area (Å²) in [7, 11) is 4.01. The van der Waals surface area contributed by atoms with Gasteiger partial charge in [-0.2, -0.15) is 5.10 Å². The number of aliphatic hydroxyl groups excluding tert-OH is 1. The lowest BCUT2D eigenvalue weighted by Gasteiger charge is -2.27. The zero-order valence-electron chi connectivity index (χ0n) is 13.6. The molecule has 0 radical (unpaired) electrons. The van der Waals surface area contributed by atoms with Gasteiger partial charge < -0.3 is 14.9 Å². The molecule has 0 bridgehead atoms. The number of amides is 2. The van der Waals surface area contributed by atoms with Crippen LogP contribution in [0.15, 0.2) is 12.3 Å². The average molecular weight is 297 g/mol. The molecule has 7 heteroatoms. The third-order valence-electron chi connectivity index (χ3n) is 3.00. The minimum atomic E-state index is -0.559. The summed E-state index contributed by atoms with van der Waals surface area (Å²) in [6.07, 6.45) is 1.28. The number of rotatable bonds is 7. The molecule has 120 valence electrons. The van der Waals surface area contributed by atoms with Crippen LogP contribution in [-0.2, 0) is 6.54 Å². The van der Waals surface area contributed by atoms with Gasteiger partial charge in [-0.25, -0.2) is 4.79 Å². The molecule has 0 saturated heterocycles. The van der Waals surface area contributed by atoms with Crippen LogP contribution >= 0.6 is 0 Å². The van der Waals surface area contributed by atoms with E-state index in [0.29, 0.717) is 12.4 Å². The van der Waals surface area contributed by atoms with Crippen molar-refractivity contribution in [1.29, 1.82) is 0 Å². The van der Waals surface area contributed by atoms with Crippen LogP contribution in [0.2, 0.25) is 0 Å². The van der Waals surface area contributed by atoms with Crippen molar-refractivity contribution in [3.63, 3.8) is 0 Å². The minimum absolute atomic E-state index is 0.00965. The van der Waals surface area contributed by atoms with Gasteiger partial charge in [0.1, 0.15) is 0 Å². The molecule has 2 amide bonds. The molecule has 7 nitrogen and oxygen atoms in total. The highest BCUT2D eigenvalue weighted by Crippen LogP contribution is 2.07. The molecule has 21 heavy (non-hydrogen) atoms. The first-order chi connectivity index (χ1) is 9.79. The molecule has 2 N–H and O–H groups in total. The van der Waals surface area contributed by atoms with Crippen LogP contribution in [0.1, 0.15) is 20.8 Å². The average Bonchev–Trinajstić information content (AvgIpc) is 2.80. The van der Waals surface area contributed by atoms with Crippen molar-refractivity contribution in [2.75, 3.05) is 32.5 Å². The highest BCUT2D eigenvalue weighted by atomic mass is 16.3. The van der Waals surface area contributed by atoms with Gasteiger partial charge in [-0.15, -0.1) is 0 Å². The Hall–Kier alpha value is -1.60. The standard InChI is InChI=1S/C14H27N5O2/c1-11(2)19(10-12(3)20)14(21)15-13-6-7-18(16-13)9-8-17(4)5/h6-7,11-12,20H,8-10H2,1-5H3,(H,15,16,21)/t12-/m1/s1. The van der Waals surface area contributed by atoms with Crippen molar-refractivity contribution in [3.05, 3.63) is 12.3 Å². The van der Waals surface area contributed by atoms with Gasteiger partial charge in [0.2, 0.25) is 0 Å². The number of aromatic nitrogens is 2. The molecule has 0 unspecified atom stereocenters. The van der Waals surface area contributed by atoms with Gasteiger partial charge in [-0.3, -0.25) is 10.00 Å². The highest BCUT2D eigenvalue weighted by molar-refractivity contribution is 5.88. The van der Waals surface area contributed by atoms with E-state index in [1.54, 1.807) is 22.6 Å². The van der Waals surface area contributed by atoms with E-state index >= 15 is 0 Å². The summed E-state index contributed by atoms with van der Waals surface area (Å²) in [4.78, 5) is 15.9. The first kappa shape index (κ1) is 17.5. The zero-order valence-corrected chi connectivity index (χ0v) is 13.6. The second kappa shape index (κ2) is 7.99. The third kappa shape index (κ3) is 6.14. The van der Waals surface area contributed by atoms with Gasteiger partial charge in [-0.1, -0.05) is 0 Å². The van der Waals surface area contributed by atoms with E-state index in [1.165, 1.54) is 0 Å². The molecular weight excluding hydrogens is 270 g/mol. The summed E-state index contributed by atoms with van der Waals surface area (Å²) in [5.74, 6) is 0.523. The fourth-order valence-corrected chi connectivity index (χ4v) is 1.85. The highest BCUT2D eigenvalue weighted by Gasteiger charge is 2.19. The Morgan fingerprint density at radius 1 is 1.43 bits per heavy atom. The molecule has 0 saturated carbocycles. The molecule has 1 heterocycles. The Balaban J connectivity index is 2.60. The number of nitrogens with one attached hydrogen (secondary N) is 1. The summed E-state index contributed by atoms with van der Waals surface area (Å²) in [6, 6.07) is 1.54.